The Hall–Kier alpha value is -2.76. The first kappa shape index (κ1) is 23.6. The van der Waals surface area contributed by atoms with E-state index in [-0.39, 0.29) is 24.3 Å². The fourth-order valence-corrected chi connectivity index (χ4v) is 6.37. The Bertz CT molecular complexity index is 1170. The third-order valence-electron chi connectivity index (χ3n) is 8.30. The second-order valence-electron chi connectivity index (χ2n) is 10.8. The third kappa shape index (κ3) is 5.18. The largest absolute Gasteiger partial charge is 0.486 e. The molecule has 2 aliphatic heterocycles. The number of halogens is 2. The van der Waals surface area contributed by atoms with Gasteiger partial charge in [-0.05, 0) is 48.8 Å². The number of hydrogen-bond acceptors (Lipinski definition) is 3. The molecule has 2 heterocycles. The summed E-state index contributed by atoms with van der Waals surface area (Å²) in [7, 11) is 0. The topological polar surface area (TPSA) is 24.5 Å². The fraction of sp³-hybridized carbons (Fsp3) is 0.419. The summed E-state index contributed by atoms with van der Waals surface area (Å²) in [4.78, 5) is 2.67. The third-order valence-corrected chi connectivity index (χ3v) is 8.30. The van der Waals surface area contributed by atoms with Gasteiger partial charge in [-0.2, -0.15) is 0 Å². The van der Waals surface area contributed by atoms with Crippen molar-refractivity contribution in [3.05, 3.63) is 101 Å². The number of piperidine rings is 1. The Morgan fingerprint density at radius 1 is 0.861 bits per heavy atom. The van der Waals surface area contributed by atoms with Gasteiger partial charge in [0.1, 0.15) is 12.4 Å². The maximum Gasteiger partial charge on any atom is 0.168 e. The highest BCUT2D eigenvalue weighted by atomic mass is 19.1. The Kier molecular flexibility index (Phi) is 6.77. The normalized spacial score (nSPS) is 27.6. The summed E-state index contributed by atoms with van der Waals surface area (Å²) < 4.78 is 34.9. The highest BCUT2D eigenvalue weighted by Gasteiger charge is 2.45. The molecule has 5 unspecified atom stereocenters. The van der Waals surface area contributed by atoms with E-state index in [9.17, 15) is 8.78 Å². The first-order valence-electron chi connectivity index (χ1n) is 13.3. The number of ether oxygens (including phenoxy) is 1. The molecule has 4 aliphatic rings. The lowest BCUT2D eigenvalue weighted by atomic mass is 9.88. The maximum atomic E-state index is 14.8. The monoisotopic (exact) mass is 488 g/mol. The molecule has 0 amide bonds. The fourth-order valence-electron chi connectivity index (χ4n) is 6.37. The van der Waals surface area contributed by atoms with E-state index in [1.165, 1.54) is 30.9 Å². The summed E-state index contributed by atoms with van der Waals surface area (Å²) in [6, 6.07) is 24.2. The number of rotatable bonds is 8. The summed E-state index contributed by atoms with van der Waals surface area (Å²) in [6.45, 7) is 2.41. The minimum atomic E-state index is -0.614. The molecular weight excluding hydrogens is 454 g/mol. The van der Waals surface area contributed by atoms with Crippen molar-refractivity contribution >= 4 is 0 Å². The number of fused-ring (bicyclic) bond motifs is 4. The van der Waals surface area contributed by atoms with Gasteiger partial charge in [-0.15, -0.1) is 0 Å². The lowest BCUT2D eigenvalue weighted by Crippen LogP contribution is -2.52. The number of hydrogen-bond donors (Lipinski definition) is 1. The number of benzene rings is 3. The van der Waals surface area contributed by atoms with Gasteiger partial charge in [0.05, 0.1) is 0 Å². The van der Waals surface area contributed by atoms with Crippen LogP contribution in [0, 0.1) is 17.6 Å². The minimum absolute atomic E-state index is 0.0863. The van der Waals surface area contributed by atoms with Crippen LogP contribution in [0.25, 0.3) is 0 Å². The zero-order valence-electron chi connectivity index (χ0n) is 20.6. The van der Waals surface area contributed by atoms with Crippen LogP contribution in [0.4, 0.5) is 8.78 Å². The number of nitrogens with one attached hydrogen (secondary N) is 1. The van der Waals surface area contributed by atoms with E-state index in [1.54, 1.807) is 0 Å². The van der Waals surface area contributed by atoms with Gasteiger partial charge in [0.25, 0.3) is 0 Å². The van der Waals surface area contributed by atoms with Gasteiger partial charge in [-0.25, -0.2) is 8.78 Å². The van der Waals surface area contributed by atoms with Gasteiger partial charge in [0.2, 0.25) is 0 Å². The zero-order valence-corrected chi connectivity index (χ0v) is 20.6. The first-order chi connectivity index (χ1) is 17.6. The molecule has 188 valence electrons. The van der Waals surface area contributed by atoms with Gasteiger partial charge < -0.3 is 10.1 Å². The summed E-state index contributed by atoms with van der Waals surface area (Å²) in [5.41, 5.74) is 3.01. The van der Waals surface area contributed by atoms with Gasteiger partial charge in [0.15, 0.2) is 11.6 Å². The van der Waals surface area contributed by atoms with Gasteiger partial charge >= 0.3 is 0 Å². The smallest absolute Gasteiger partial charge is 0.168 e. The Morgan fingerprint density at radius 3 is 2.39 bits per heavy atom. The second-order valence-corrected chi connectivity index (χ2v) is 10.8. The predicted molar refractivity (Wildman–Crippen MR) is 138 cm³/mol. The lowest BCUT2D eigenvalue weighted by molar-refractivity contribution is 0.0874. The Balaban J connectivity index is 1.12. The second kappa shape index (κ2) is 10.3. The van der Waals surface area contributed by atoms with Crippen LogP contribution in [0.15, 0.2) is 72.8 Å². The van der Waals surface area contributed by atoms with Crippen LogP contribution in [0.1, 0.15) is 54.7 Å². The summed E-state index contributed by atoms with van der Waals surface area (Å²) in [6.07, 6.45) is 5.82. The molecule has 5 atom stereocenters. The van der Waals surface area contributed by atoms with Crippen molar-refractivity contribution in [2.45, 2.75) is 69.3 Å². The molecule has 0 radical (unpaired) electrons. The Labute approximate surface area is 212 Å². The van der Waals surface area contributed by atoms with E-state index < -0.39 is 11.6 Å². The Morgan fingerprint density at radius 2 is 1.61 bits per heavy atom. The van der Waals surface area contributed by atoms with E-state index in [0.717, 1.165) is 37.6 Å². The SMILES string of the molecule is Fc1cc(F)c(OCc2ccccc2)c(C2CC2NC2CC3CCCC2CN3Cc2ccccc2)c1. The van der Waals surface area contributed by atoms with Crippen molar-refractivity contribution in [1.29, 1.82) is 0 Å². The highest BCUT2D eigenvalue weighted by molar-refractivity contribution is 5.43. The van der Waals surface area contributed by atoms with Crippen LogP contribution >= 0.6 is 0 Å². The molecule has 0 aromatic heterocycles. The van der Waals surface area contributed by atoms with Crippen molar-refractivity contribution < 1.29 is 13.5 Å². The average molecular weight is 489 g/mol. The molecular formula is C31H34F2N2O. The molecule has 2 saturated carbocycles. The van der Waals surface area contributed by atoms with E-state index in [0.29, 0.717) is 23.6 Å². The average Bonchev–Trinajstić information content (AvgIpc) is 3.70. The molecule has 7 rings (SSSR count). The van der Waals surface area contributed by atoms with E-state index in [1.807, 2.05) is 30.3 Å². The summed E-state index contributed by atoms with van der Waals surface area (Å²) in [5, 5.41) is 3.91. The molecule has 2 bridgehead atoms. The van der Waals surface area contributed by atoms with Gasteiger partial charge in [0, 0.05) is 48.8 Å². The molecule has 2 saturated heterocycles. The zero-order chi connectivity index (χ0) is 24.5. The molecule has 36 heavy (non-hydrogen) atoms. The molecule has 3 aromatic rings. The van der Waals surface area contributed by atoms with Crippen molar-refractivity contribution in [3.63, 3.8) is 0 Å². The predicted octanol–water partition coefficient (Wildman–Crippen LogP) is 6.43. The molecule has 3 nitrogen and oxygen atoms in total. The summed E-state index contributed by atoms with van der Waals surface area (Å²) >= 11 is 0. The van der Waals surface area contributed by atoms with Gasteiger partial charge in [-0.1, -0.05) is 67.1 Å². The number of nitrogens with zero attached hydrogens (tertiary/aromatic N) is 1. The molecule has 5 heteroatoms. The van der Waals surface area contributed by atoms with Crippen LogP contribution in [0.5, 0.6) is 5.75 Å². The molecule has 0 spiro atoms. The quantitative estimate of drug-likeness (QED) is 0.395. The van der Waals surface area contributed by atoms with E-state index >= 15 is 0 Å². The lowest BCUT2D eigenvalue weighted by Gasteiger charge is -2.42. The first-order valence-corrected chi connectivity index (χ1v) is 13.3. The highest BCUT2D eigenvalue weighted by Crippen LogP contribution is 2.47. The van der Waals surface area contributed by atoms with Crippen molar-refractivity contribution in [2.75, 3.05) is 6.54 Å². The minimum Gasteiger partial charge on any atom is -0.486 e. The molecule has 3 aromatic carbocycles. The van der Waals surface area contributed by atoms with Crippen LogP contribution in [-0.2, 0) is 13.2 Å². The van der Waals surface area contributed by atoms with Crippen LogP contribution < -0.4 is 10.1 Å². The van der Waals surface area contributed by atoms with E-state index in [2.05, 4.69) is 40.5 Å². The molecule has 2 aliphatic carbocycles. The van der Waals surface area contributed by atoms with Crippen molar-refractivity contribution in [3.8, 4) is 5.75 Å². The molecule has 4 fully saturated rings. The van der Waals surface area contributed by atoms with Crippen LogP contribution in [0.3, 0.4) is 0 Å². The molecule has 1 N–H and O–H groups in total. The van der Waals surface area contributed by atoms with Crippen LogP contribution in [-0.4, -0.2) is 29.6 Å². The van der Waals surface area contributed by atoms with Crippen molar-refractivity contribution in [2.24, 2.45) is 5.92 Å². The maximum absolute atomic E-state index is 14.8. The van der Waals surface area contributed by atoms with Gasteiger partial charge in [-0.3, -0.25) is 4.90 Å². The van der Waals surface area contributed by atoms with Crippen LogP contribution in [0.2, 0.25) is 0 Å². The standard InChI is InChI=1S/C31H34F2N2O/c32-24-14-27(31(28(33)15-24)36-20-22-10-5-2-6-11-22)26-17-30(26)34-29-16-25-13-7-12-23(29)19-35(25)18-21-8-3-1-4-9-21/h1-6,8-11,14-15,23,25-26,29-30,34H,7,12-13,16-20H2. The summed E-state index contributed by atoms with van der Waals surface area (Å²) in [5.74, 6) is -0.247. The van der Waals surface area contributed by atoms with Crippen molar-refractivity contribution in [1.82, 2.24) is 10.2 Å². The van der Waals surface area contributed by atoms with E-state index in [4.69, 9.17) is 4.74 Å².